The van der Waals surface area contributed by atoms with Gasteiger partial charge in [0.2, 0.25) is 5.89 Å². The number of nitrogens with zero attached hydrogens (tertiary/aromatic N) is 5. The fraction of sp³-hybridized carbons (Fsp3) is 0.400. The normalized spacial score (nSPS) is 15.3. The number of hydrogen-bond acceptors (Lipinski definition) is 6. The van der Waals surface area contributed by atoms with Crippen molar-refractivity contribution in [2.24, 2.45) is 4.99 Å². The molecule has 0 spiro atoms. The van der Waals surface area contributed by atoms with Crippen LogP contribution in [-0.2, 0) is 6.42 Å². The van der Waals surface area contributed by atoms with Gasteiger partial charge >= 0.3 is 0 Å². The smallest absolute Gasteiger partial charge is 0.266 e. The van der Waals surface area contributed by atoms with Crippen molar-refractivity contribution in [3.8, 4) is 0 Å². The van der Waals surface area contributed by atoms with Crippen LogP contribution in [-0.4, -0.2) is 25.9 Å². The van der Waals surface area contributed by atoms with E-state index >= 15 is 0 Å². The van der Waals surface area contributed by atoms with Crippen LogP contribution in [0.5, 0.6) is 0 Å². The number of rotatable bonds is 3. The Bertz CT molecular complexity index is 712. The second kappa shape index (κ2) is 5.55. The van der Waals surface area contributed by atoms with Crippen LogP contribution in [0.3, 0.4) is 0 Å². The maximum absolute atomic E-state index is 5.54. The van der Waals surface area contributed by atoms with Gasteiger partial charge in [-0.3, -0.25) is 4.99 Å². The van der Waals surface area contributed by atoms with Gasteiger partial charge in [0.15, 0.2) is 0 Å². The van der Waals surface area contributed by atoms with Gasteiger partial charge in [0.25, 0.3) is 5.89 Å². The van der Waals surface area contributed by atoms with Crippen LogP contribution in [0.1, 0.15) is 49.9 Å². The molecule has 0 aromatic carbocycles. The van der Waals surface area contributed by atoms with Gasteiger partial charge in [-0.25, -0.2) is 9.97 Å². The van der Waals surface area contributed by atoms with Crippen molar-refractivity contribution in [3.05, 3.63) is 35.6 Å². The van der Waals surface area contributed by atoms with E-state index in [0.29, 0.717) is 11.8 Å². The van der Waals surface area contributed by atoms with E-state index in [9.17, 15) is 0 Å². The Hall–Kier alpha value is -2.37. The first-order valence-corrected chi connectivity index (χ1v) is 7.06. The molecule has 0 radical (unpaired) electrons. The molecule has 6 heteroatoms. The highest BCUT2D eigenvalue weighted by Crippen LogP contribution is 2.33. The highest BCUT2D eigenvalue weighted by molar-refractivity contribution is 5.99. The van der Waals surface area contributed by atoms with Crippen LogP contribution < -0.4 is 0 Å². The Kier molecular flexibility index (Phi) is 3.60. The van der Waals surface area contributed by atoms with E-state index in [-0.39, 0.29) is 0 Å². The summed E-state index contributed by atoms with van der Waals surface area (Å²) in [6, 6.07) is 0. The van der Waals surface area contributed by atoms with Gasteiger partial charge in [-0.2, -0.15) is 0 Å². The van der Waals surface area contributed by atoms with Crippen LogP contribution in [0.4, 0.5) is 0 Å². The molecule has 6 nitrogen and oxygen atoms in total. The van der Waals surface area contributed by atoms with Crippen molar-refractivity contribution < 1.29 is 4.42 Å². The van der Waals surface area contributed by atoms with E-state index in [1.54, 1.807) is 6.92 Å². The number of hydrogen-bond donors (Lipinski definition) is 0. The largest absolute Gasteiger partial charge is 0.420 e. The van der Waals surface area contributed by atoms with E-state index in [1.807, 2.05) is 26.2 Å². The summed E-state index contributed by atoms with van der Waals surface area (Å²) in [5, 5.41) is 7.98. The lowest BCUT2D eigenvalue weighted by molar-refractivity contribution is 0.505. The topological polar surface area (TPSA) is 77.1 Å². The zero-order chi connectivity index (χ0) is 14.8. The van der Waals surface area contributed by atoms with Crippen molar-refractivity contribution in [2.45, 2.75) is 40.0 Å². The molecule has 2 aromatic heterocycles. The summed E-state index contributed by atoms with van der Waals surface area (Å²) in [7, 11) is 0. The average Bonchev–Trinajstić information content (AvgIpc) is 2.94. The molecular weight excluding hydrogens is 266 g/mol. The van der Waals surface area contributed by atoms with Gasteiger partial charge in [-0.05, 0) is 25.3 Å². The molecule has 3 heterocycles. The summed E-state index contributed by atoms with van der Waals surface area (Å²) in [6.07, 6.45) is 6.32. The third-order valence-corrected chi connectivity index (χ3v) is 3.42. The first-order chi connectivity index (χ1) is 10.2. The summed E-state index contributed by atoms with van der Waals surface area (Å²) in [5.74, 6) is 1.83. The molecule has 0 bridgehead atoms. The van der Waals surface area contributed by atoms with Crippen molar-refractivity contribution in [2.75, 3.05) is 0 Å². The van der Waals surface area contributed by atoms with Crippen molar-refractivity contribution >= 4 is 17.0 Å². The van der Waals surface area contributed by atoms with E-state index in [2.05, 4.69) is 25.2 Å². The Morgan fingerprint density at radius 1 is 1.10 bits per heavy atom. The Morgan fingerprint density at radius 2 is 1.86 bits per heavy atom. The summed E-state index contributed by atoms with van der Waals surface area (Å²) in [6.45, 7) is 5.82. The molecule has 1 aliphatic heterocycles. The lowest BCUT2D eigenvalue weighted by Crippen LogP contribution is -2.05. The third-order valence-electron chi connectivity index (χ3n) is 3.42. The molecule has 2 aromatic rings. The maximum Gasteiger partial charge on any atom is 0.266 e. The number of aryl methyl sites for hydroxylation is 2. The predicted octanol–water partition coefficient (Wildman–Crippen LogP) is 2.85. The van der Waals surface area contributed by atoms with Gasteiger partial charge < -0.3 is 4.42 Å². The van der Waals surface area contributed by atoms with Gasteiger partial charge in [0.1, 0.15) is 11.5 Å². The SMILES string of the molecule is CCc1ncc(C2=C(c3nnc(C)o3)N=C(C)CC2)cn1. The van der Waals surface area contributed by atoms with Gasteiger partial charge in [-0.15, -0.1) is 10.2 Å². The molecule has 0 saturated heterocycles. The van der Waals surface area contributed by atoms with Crippen LogP contribution in [0.25, 0.3) is 11.3 Å². The molecule has 0 N–H and O–H groups in total. The first kappa shape index (κ1) is 13.6. The minimum absolute atomic E-state index is 0.459. The molecule has 0 saturated carbocycles. The second-order valence-corrected chi connectivity index (χ2v) is 5.04. The van der Waals surface area contributed by atoms with E-state index in [1.165, 1.54) is 0 Å². The van der Waals surface area contributed by atoms with Gasteiger partial charge in [0.05, 0.1) is 0 Å². The fourth-order valence-electron chi connectivity index (χ4n) is 2.28. The molecule has 1 aliphatic rings. The zero-order valence-electron chi connectivity index (χ0n) is 12.4. The van der Waals surface area contributed by atoms with Crippen molar-refractivity contribution in [3.63, 3.8) is 0 Å². The molecule has 0 amide bonds. The summed E-state index contributed by atoms with van der Waals surface area (Å²) in [5.41, 5.74) is 3.84. The summed E-state index contributed by atoms with van der Waals surface area (Å²) in [4.78, 5) is 13.3. The summed E-state index contributed by atoms with van der Waals surface area (Å²) >= 11 is 0. The Balaban J connectivity index is 2.09. The highest BCUT2D eigenvalue weighted by Gasteiger charge is 2.21. The molecule has 0 aliphatic carbocycles. The lowest BCUT2D eigenvalue weighted by Gasteiger charge is -2.15. The molecule has 3 rings (SSSR count). The van der Waals surface area contributed by atoms with Crippen LogP contribution in [0.15, 0.2) is 21.8 Å². The van der Waals surface area contributed by atoms with Crippen molar-refractivity contribution in [1.29, 1.82) is 0 Å². The van der Waals surface area contributed by atoms with E-state index < -0.39 is 0 Å². The summed E-state index contributed by atoms with van der Waals surface area (Å²) < 4.78 is 5.54. The fourth-order valence-corrected chi connectivity index (χ4v) is 2.28. The number of aliphatic imine (C=N–C) groups is 1. The second-order valence-electron chi connectivity index (χ2n) is 5.04. The van der Waals surface area contributed by atoms with Crippen molar-refractivity contribution in [1.82, 2.24) is 20.2 Å². The minimum atomic E-state index is 0.459. The monoisotopic (exact) mass is 283 g/mol. The average molecular weight is 283 g/mol. The highest BCUT2D eigenvalue weighted by atomic mass is 16.4. The van der Waals surface area contributed by atoms with Crippen LogP contribution in [0.2, 0.25) is 0 Å². The molecular formula is C15H17N5O. The molecule has 21 heavy (non-hydrogen) atoms. The minimum Gasteiger partial charge on any atom is -0.420 e. The standard InChI is InChI=1S/C15H17N5O/c1-4-13-16-7-11(8-17-13)12-6-5-9(2)18-14(12)15-20-19-10(3)21-15/h7-8H,4-6H2,1-3H3. The molecule has 0 unspecified atom stereocenters. The Morgan fingerprint density at radius 3 is 2.48 bits per heavy atom. The molecule has 0 fully saturated rings. The van der Waals surface area contributed by atoms with Gasteiger partial charge in [0, 0.05) is 37.0 Å². The molecule has 0 atom stereocenters. The lowest BCUT2D eigenvalue weighted by atomic mass is 9.97. The Labute approximate surface area is 123 Å². The van der Waals surface area contributed by atoms with E-state index in [0.717, 1.165) is 47.6 Å². The number of aromatic nitrogens is 4. The van der Waals surface area contributed by atoms with Crippen LogP contribution >= 0.6 is 0 Å². The maximum atomic E-state index is 5.54. The first-order valence-electron chi connectivity index (χ1n) is 7.06. The zero-order valence-corrected chi connectivity index (χ0v) is 12.4. The van der Waals surface area contributed by atoms with Crippen LogP contribution in [0, 0.1) is 6.92 Å². The third kappa shape index (κ3) is 2.74. The van der Waals surface area contributed by atoms with E-state index in [4.69, 9.17) is 4.42 Å². The predicted molar refractivity (Wildman–Crippen MR) is 79.6 cm³/mol. The number of allylic oxidation sites excluding steroid dienone is 1. The quantitative estimate of drug-likeness (QED) is 0.865. The van der Waals surface area contributed by atoms with Gasteiger partial charge in [-0.1, -0.05) is 6.92 Å². The molecule has 108 valence electrons.